The van der Waals surface area contributed by atoms with Crippen molar-refractivity contribution < 1.29 is 9.53 Å². The summed E-state index contributed by atoms with van der Waals surface area (Å²) in [5.74, 6) is -0.0886. The van der Waals surface area contributed by atoms with E-state index in [9.17, 15) is 4.79 Å². The fourth-order valence-electron chi connectivity index (χ4n) is 1.24. The van der Waals surface area contributed by atoms with E-state index in [0.717, 1.165) is 12.8 Å². The number of hydrogen-bond donors (Lipinski definition) is 0. The van der Waals surface area contributed by atoms with Gasteiger partial charge in [-0.2, -0.15) is 0 Å². The Morgan fingerprint density at radius 3 is 1.62 bits per heavy atom. The fourth-order valence-corrected chi connectivity index (χ4v) is 1.24. The summed E-state index contributed by atoms with van der Waals surface area (Å²) in [7, 11) is 0. The van der Waals surface area contributed by atoms with Crippen LogP contribution >= 0.6 is 0 Å². The van der Waals surface area contributed by atoms with Crippen molar-refractivity contribution in [2.45, 2.75) is 73.8 Å². The van der Waals surface area contributed by atoms with Crippen molar-refractivity contribution in [1.29, 1.82) is 0 Å². The zero-order valence-corrected chi connectivity index (χ0v) is 12.2. The second-order valence-electron chi connectivity index (χ2n) is 6.46. The van der Waals surface area contributed by atoms with Gasteiger partial charge >= 0.3 is 5.97 Å². The molecule has 0 fully saturated rings. The lowest BCUT2D eigenvalue weighted by molar-refractivity contribution is -0.181. The second-order valence-corrected chi connectivity index (χ2v) is 6.46. The van der Waals surface area contributed by atoms with Crippen molar-refractivity contribution in [1.82, 2.24) is 0 Å². The third-order valence-corrected chi connectivity index (χ3v) is 4.02. The van der Waals surface area contributed by atoms with Crippen LogP contribution in [0.1, 0.15) is 68.2 Å². The SMILES string of the molecule is CCC(C)(C)C(=O)OC(C)(CC)C(C)(C)C. The van der Waals surface area contributed by atoms with Gasteiger partial charge in [0.15, 0.2) is 0 Å². The lowest BCUT2D eigenvalue weighted by atomic mass is 9.75. The number of rotatable bonds is 4. The summed E-state index contributed by atoms with van der Waals surface area (Å²) < 4.78 is 5.77. The molecule has 0 aliphatic heterocycles. The number of carbonyl (C=O) groups excluding carboxylic acids is 1. The summed E-state index contributed by atoms with van der Waals surface area (Å²) in [4.78, 5) is 12.1. The molecule has 0 spiro atoms. The lowest BCUT2D eigenvalue weighted by Gasteiger charge is -2.42. The minimum atomic E-state index is -0.392. The minimum Gasteiger partial charge on any atom is -0.458 e. The Morgan fingerprint density at radius 2 is 1.38 bits per heavy atom. The van der Waals surface area contributed by atoms with E-state index in [0.29, 0.717) is 0 Å². The quantitative estimate of drug-likeness (QED) is 0.675. The first-order valence-electron chi connectivity index (χ1n) is 6.23. The molecule has 0 bridgehead atoms. The maximum atomic E-state index is 12.1. The molecule has 0 aliphatic rings. The lowest BCUT2D eigenvalue weighted by Crippen LogP contribution is -2.46. The average molecular weight is 228 g/mol. The van der Waals surface area contributed by atoms with Crippen molar-refractivity contribution in [2.75, 3.05) is 0 Å². The third-order valence-electron chi connectivity index (χ3n) is 4.02. The first kappa shape index (κ1) is 15.5. The molecule has 0 rings (SSSR count). The Labute approximate surface area is 101 Å². The number of carbonyl (C=O) groups is 1. The zero-order valence-electron chi connectivity index (χ0n) is 12.2. The van der Waals surface area contributed by atoms with Gasteiger partial charge in [0.2, 0.25) is 0 Å². The Kier molecular flexibility index (Phi) is 4.61. The smallest absolute Gasteiger partial charge is 0.312 e. The predicted octanol–water partition coefficient (Wildman–Crippen LogP) is 4.18. The molecule has 0 aromatic rings. The van der Waals surface area contributed by atoms with Crippen LogP contribution in [-0.2, 0) is 9.53 Å². The summed E-state index contributed by atoms with van der Waals surface area (Å²) in [6, 6.07) is 0. The predicted molar refractivity (Wildman–Crippen MR) is 68.3 cm³/mol. The Bertz CT molecular complexity index is 248. The van der Waals surface area contributed by atoms with E-state index in [2.05, 4.69) is 27.7 Å². The molecule has 16 heavy (non-hydrogen) atoms. The highest BCUT2D eigenvalue weighted by atomic mass is 16.6. The van der Waals surface area contributed by atoms with Crippen LogP contribution in [0.3, 0.4) is 0 Å². The van der Waals surface area contributed by atoms with Crippen molar-refractivity contribution >= 4 is 5.97 Å². The molecule has 2 heteroatoms. The minimum absolute atomic E-state index is 0.0404. The molecule has 0 aliphatic carbocycles. The molecule has 0 amide bonds. The third kappa shape index (κ3) is 3.23. The molecule has 0 aromatic carbocycles. The van der Waals surface area contributed by atoms with E-state index in [1.807, 2.05) is 27.7 Å². The van der Waals surface area contributed by atoms with Gasteiger partial charge in [-0.15, -0.1) is 0 Å². The van der Waals surface area contributed by atoms with Crippen LogP contribution in [0.15, 0.2) is 0 Å². The van der Waals surface area contributed by atoms with Crippen LogP contribution in [0.25, 0.3) is 0 Å². The highest BCUT2D eigenvalue weighted by molar-refractivity contribution is 5.76. The van der Waals surface area contributed by atoms with E-state index >= 15 is 0 Å². The van der Waals surface area contributed by atoms with Gasteiger partial charge in [0.1, 0.15) is 5.60 Å². The highest BCUT2D eigenvalue weighted by Crippen LogP contribution is 2.38. The number of ether oxygens (including phenoxy) is 1. The molecular weight excluding hydrogens is 200 g/mol. The topological polar surface area (TPSA) is 26.3 Å². The van der Waals surface area contributed by atoms with Crippen LogP contribution in [0.2, 0.25) is 0 Å². The number of hydrogen-bond acceptors (Lipinski definition) is 2. The maximum absolute atomic E-state index is 12.1. The normalized spacial score (nSPS) is 16.8. The first-order chi connectivity index (χ1) is 7.00. The molecule has 2 nitrogen and oxygen atoms in total. The second kappa shape index (κ2) is 4.77. The van der Waals surface area contributed by atoms with Crippen LogP contribution in [0.5, 0.6) is 0 Å². The van der Waals surface area contributed by atoms with Crippen LogP contribution in [0.4, 0.5) is 0 Å². The summed E-state index contributed by atoms with van der Waals surface area (Å²) in [5, 5.41) is 0. The average Bonchev–Trinajstić information content (AvgIpc) is 2.15. The van der Waals surface area contributed by atoms with Gasteiger partial charge in [0.25, 0.3) is 0 Å². The Hall–Kier alpha value is -0.530. The summed E-state index contributed by atoms with van der Waals surface area (Å²) in [6.07, 6.45) is 1.64. The molecular formula is C14H28O2. The van der Waals surface area contributed by atoms with Gasteiger partial charge in [0, 0.05) is 5.41 Å². The molecule has 0 N–H and O–H groups in total. The molecule has 0 aromatic heterocycles. The zero-order chi connectivity index (χ0) is 13.2. The maximum Gasteiger partial charge on any atom is 0.312 e. The monoisotopic (exact) mass is 228 g/mol. The highest BCUT2D eigenvalue weighted by Gasteiger charge is 2.42. The Balaban J connectivity index is 4.89. The van der Waals surface area contributed by atoms with Gasteiger partial charge in [-0.25, -0.2) is 0 Å². The Morgan fingerprint density at radius 1 is 0.938 bits per heavy atom. The standard InChI is InChI=1S/C14H28O2/c1-9-13(6,7)11(15)16-14(8,10-2)12(3,4)5/h9-10H2,1-8H3. The van der Waals surface area contributed by atoms with Crippen molar-refractivity contribution in [3.8, 4) is 0 Å². The fraction of sp³-hybridized carbons (Fsp3) is 0.929. The van der Waals surface area contributed by atoms with Gasteiger partial charge in [-0.1, -0.05) is 34.6 Å². The van der Waals surface area contributed by atoms with Crippen LogP contribution in [0, 0.1) is 10.8 Å². The van der Waals surface area contributed by atoms with Crippen molar-refractivity contribution in [3.63, 3.8) is 0 Å². The van der Waals surface area contributed by atoms with Crippen LogP contribution < -0.4 is 0 Å². The molecule has 0 radical (unpaired) electrons. The van der Waals surface area contributed by atoms with Crippen LogP contribution in [-0.4, -0.2) is 11.6 Å². The van der Waals surface area contributed by atoms with Gasteiger partial charge < -0.3 is 4.74 Å². The number of esters is 1. The first-order valence-corrected chi connectivity index (χ1v) is 6.23. The molecule has 1 unspecified atom stereocenters. The van der Waals surface area contributed by atoms with Crippen molar-refractivity contribution in [2.24, 2.45) is 10.8 Å². The molecule has 0 heterocycles. The summed E-state index contributed by atoms with van der Waals surface area (Å²) in [6.45, 7) is 16.3. The largest absolute Gasteiger partial charge is 0.458 e. The molecule has 1 atom stereocenters. The van der Waals surface area contributed by atoms with E-state index in [-0.39, 0.29) is 16.8 Å². The van der Waals surface area contributed by atoms with E-state index < -0.39 is 5.60 Å². The molecule has 0 saturated carbocycles. The summed E-state index contributed by atoms with van der Waals surface area (Å²) >= 11 is 0. The molecule has 96 valence electrons. The van der Waals surface area contributed by atoms with Crippen molar-refractivity contribution in [3.05, 3.63) is 0 Å². The van der Waals surface area contributed by atoms with Gasteiger partial charge in [-0.05, 0) is 33.6 Å². The van der Waals surface area contributed by atoms with E-state index in [4.69, 9.17) is 4.74 Å². The van der Waals surface area contributed by atoms with Gasteiger partial charge in [-0.3, -0.25) is 4.79 Å². The summed E-state index contributed by atoms with van der Waals surface area (Å²) in [5.41, 5.74) is -0.820. The van der Waals surface area contributed by atoms with E-state index in [1.165, 1.54) is 0 Å². The molecule has 0 saturated heterocycles. The van der Waals surface area contributed by atoms with E-state index in [1.54, 1.807) is 0 Å². The van der Waals surface area contributed by atoms with Gasteiger partial charge in [0.05, 0.1) is 5.41 Å².